The fraction of sp³-hybridized carbons (Fsp3) is 0.615. The van der Waals surface area contributed by atoms with Crippen LogP contribution >= 0.6 is 0 Å². The van der Waals surface area contributed by atoms with Crippen molar-refractivity contribution in [3.63, 3.8) is 0 Å². The first-order valence-corrected chi connectivity index (χ1v) is 6.10. The molecule has 0 amide bonds. The number of aromatic nitrogens is 2. The smallest absolute Gasteiger partial charge is 0.324 e. The molecule has 6 nitrogen and oxygen atoms in total. The summed E-state index contributed by atoms with van der Waals surface area (Å²) in [7, 11) is 1.71. The molecule has 0 radical (unpaired) electrons. The first-order valence-electron chi connectivity index (χ1n) is 6.10. The molecule has 0 bridgehead atoms. The first kappa shape index (κ1) is 15.4. The van der Waals surface area contributed by atoms with Crippen LogP contribution in [-0.2, 0) is 11.3 Å². The van der Waals surface area contributed by atoms with Gasteiger partial charge in [0.1, 0.15) is 6.04 Å². The van der Waals surface area contributed by atoms with Gasteiger partial charge in [-0.2, -0.15) is 0 Å². The fourth-order valence-corrected chi connectivity index (χ4v) is 1.51. The van der Waals surface area contributed by atoms with E-state index in [1.54, 1.807) is 24.9 Å². The summed E-state index contributed by atoms with van der Waals surface area (Å²) < 4.78 is 5.25. The minimum Gasteiger partial charge on any atom is -0.480 e. The van der Waals surface area contributed by atoms with Gasteiger partial charge in [-0.15, -0.1) is 10.2 Å². The molecule has 1 rings (SSSR count). The summed E-state index contributed by atoms with van der Waals surface area (Å²) in [6.07, 6.45) is 3.58. The lowest BCUT2D eigenvalue weighted by molar-refractivity contribution is -0.141. The number of hydrogen-bond acceptors (Lipinski definition) is 5. The van der Waals surface area contributed by atoms with Crippen LogP contribution in [0.1, 0.15) is 32.6 Å². The largest absolute Gasteiger partial charge is 0.480 e. The number of hydrogen-bond donors (Lipinski definition) is 1. The zero-order chi connectivity index (χ0) is 14.6. The third-order valence-electron chi connectivity index (χ3n) is 2.46. The number of carboxylic acids is 1. The minimum absolute atomic E-state index is 0.0599. The van der Waals surface area contributed by atoms with Crippen LogP contribution in [0.3, 0.4) is 0 Å². The Kier molecular flexibility index (Phi) is 4.83. The van der Waals surface area contributed by atoms with Crippen LogP contribution in [0.5, 0.6) is 0 Å². The summed E-state index contributed by atoms with van der Waals surface area (Å²) in [6.45, 7) is 8.05. The van der Waals surface area contributed by atoms with E-state index in [4.69, 9.17) is 4.42 Å². The maximum atomic E-state index is 11.3. The summed E-state index contributed by atoms with van der Waals surface area (Å²) in [5.74, 6) is -0.0184. The average Bonchev–Trinajstić information content (AvgIpc) is 2.61. The topological polar surface area (TPSA) is 79.5 Å². The summed E-state index contributed by atoms with van der Waals surface area (Å²) in [5, 5.41) is 16.8. The van der Waals surface area contributed by atoms with E-state index in [1.807, 2.05) is 26.8 Å². The van der Waals surface area contributed by atoms with E-state index in [9.17, 15) is 9.90 Å². The Hall–Kier alpha value is -1.69. The maximum absolute atomic E-state index is 11.3. The third kappa shape index (κ3) is 5.21. The second kappa shape index (κ2) is 5.97. The number of carbonyl (C=O) groups is 1. The molecule has 0 fully saturated rings. The lowest BCUT2D eigenvalue weighted by Gasteiger charge is -2.21. The number of rotatable bonds is 5. The fourth-order valence-electron chi connectivity index (χ4n) is 1.51. The van der Waals surface area contributed by atoms with Crippen LogP contribution in [0, 0.1) is 12.3 Å². The molecule has 0 unspecified atom stereocenters. The highest BCUT2D eigenvalue weighted by molar-refractivity contribution is 5.75. The van der Waals surface area contributed by atoms with Gasteiger partial charge < -0.3 is 9.52 Å². The second-order valence-corrected chi connectivity index (χ2v) is 5.64. The molecular formula is C13H21N3O3. The summed E-state index contributed by atoms with van der Waals surface area (Å²) in [6, 6.07) is -0.716. The zero-order valence-corrected chi connectivity index (χ0v) is 12.0. The van der Waals surface area contributed by atoms with Crippen molar-refractivity contribution in [2.45, 2.75) is 40.3 Å². The lowest BCUT2D eigenvalue weighted by atomic mass is 9.95. The third-order valence-corrected chi connectivity index (χ3v) is 2.46. The Morgan fingerprint density at radius 2 is 2.11 bits per heavy atom. The van der Waals surface area contributed by atoms with E-state index in [-0.39, 0.29) is 5.41 Å². The van der Waals surface area contributed by atoms with Crippen molar-refractivity contribution in [2.75, 3.05) is 7.05 Å². The normalized spacial score (nSPS) is 14.2. The predicted octanol–water partition coefficient (Wildman–Crippen LogP) is 1.87. The molecule has 0 aliphatic rings. The number of aryl methyl sites for hydroxylation is 1. The van der Waals surface area contributed by atoms with E-state index in [0.717, 1.165) is 0 Å². The van der Waals surface area contributed by atoms with Crippen molar-refractivity contribution in [1.82, 2.24) is 15.1 Å². The average molecular weight is 267 g/mol. The maximum Gasteiger partial charge on any atom is 0.324 e. The predicted molar refractivity (Wildman–Crippen MR) is 70.5 cm³/mol. The van der Waals surface area contributed by atoms with E-state index in [0.29, 0.717) is 18.3 Å². The van der Waals surface area contributed by atoms with Gasteiger partial charge in [-0.3, -0.25) is 9.69 Å². The molecule has 106 valence electrons. The van der Waals surface area contributed by atoms with Crippen molar-refractivity contribution in [1.29, 1.82) is 0 Å². The van der Waals surface area contributed by atoms with Crippen LogP contribution in [0.15, 0.2) is 16.6 Å². The molecule has 1 atom stereocenters. The Labute approximate surface area is 113 Å². The van der Waals surface area contributed by atoms with E-state index in [2.05, 4.69) is 10.2 Å². The molecule has 0 saturated carbocycles. The highest BCUT2D eigenvalue weighted by Crippen LogP contribution is 2.16. The molecule has 0 aromatic carbocycles. The Morgan fingerprint density at radius 1 is 1.47 bits per heavy atom. The quantitative estimate of drug-likeness (QED) is 0.820. The SMILES string of the molecule is Cc1nnc(CN(C)[C@@H](/C=C/C(C)(C)C)C(=O)O)o1. The van der Waals surface area contributed by atoms with Crippen molar-refractivity contribution >= 4 is 5.97 Å². The molecule has 1 heterocycles. The molecule has 0 aliphatic carbocycles. The molecular weight excluding hydrogens is 246 g/mol. The molecule has 1 aromatic heterocycles. The number of nitrogens with zero attached hydrogens (tertiary/aromatic N) is 3. The molecule has 0 spiro atoms. The van der Waals surface area contributed by atoms with E-state index >= 15 is 0 Å². The van der Waals surface area contributed by atoms with Crippen molar-refractivity contribution in [3.05, 3.63) is 23.9 Å². The zero-order valence-electron chi connectivity index (χ0n) is 12.0. The molecule has 1 N–H and O–H groups in total. The number of likely N-dealkylation sites (N-methyl/N-ethyl adjacent to an activating group) is 1. The number of allylic oxidation sites excluding steroid dienone is 1. The van der Waals surface area contributed by atoms with Gasteiger partial charge in [-0.05, 0) is 12.5 Å². The van der Waals surface area contributed by atoms with Gasteiger partial charge in [0.2, 0.25) is 11.8 Å². The Morgan fingerprint density at radius 3 is 2.53 bits per heavy atom. The minimum atomic E-state index is -0.903. The molecule has 19 heavy (non-hydrogen) atoms. The van der Waals surface area contributed by atoms with Gasteiger partial charge in [0.25, 0.3) is 0 Å². The molecule has 0 aliphatic heterocycles. The van der Waals surface area contributed by atoms with Crippen LogP contribution in [0.4, 0.5) is 0 Å². The molecule has 0 saturated heterocycles. The van der Waals surface area contributed by atoms with Gasteiger partial charge in [0, 0.05) is 6.92 Å². The van der Waals surface area contributed by atoms with Crippen LogP contribution in [-0.4, -0.2) is 39.3 Å². The van der Waals surface area contributed by atoms with Crippen LogP contribution in [0.2, 0.25) is 0 Å². The number of carboxylic acid groups (broad SMARTS) is 1. The van der Waals surface area contributed by atoms with Gasteiger partial charge in [-0.25, -0.2) is 0 Å². The Bertz CT molecular complexity index is 460. The Balaban J connectivity index is 2.76. The van der Waals surface area contributed by atoms with E-state index in [1.165, 1.54) is 0 Å². The second-order valence-electron chi connectivity index (χ2n) is 5.64. The van der Waals surface area contributed by atoms with Gasteiger partial charge in [0.15, 0.2) is 0 Å². The van der Waals surface area contributed by atoms with Crippen molar-refractivity contribution < 1.29 is 14.3 Å². The van der Waals surface area contributed by atoms with Gasteiger partial charge >= 0.3 is 5.97 Å². The van der Waals surface area contributed by atoms with E-state index < -0.39 is 12.0 Å². The lowest BCUT2D eigenvalue weighted by Crippen LogP contribution is -2.36. The molecule has 6 heteroatoms. The number of aliphatic carboxylic acids is 1. The summed E-state index contributed by atoms with van der Waals surface area (Å²) in [4.78, 5) is 12.9. The highest BCUT2D eigenvalue weighted by atomic mass is 16.4. The molecule has 1 aromatic rings. The first-order chi connectivity index (χ1) is 8.69. The van der Waals surface area contributed by atoms with Gasteiger partial charge in [0.05, 0.1) is 6.54 Å². The summed E-state index contributed by atoms with van der Waals surface area (Å²) in [5.41, 5.74) is -0.0599. The standard InChI is InChI=1S/C13H21N3O3/c1-9-14-15-11(19-9)8-16(5)10(12(17)18)6-7-13(2,3)4/h6-7,10H,8H2,1-5H3,(H,17,18)/b7-6+/t10-/m0/s1. The van der Waals surface area contributed by atoms with Crippen molar-refractivity contribution in [3.8, 4) is 0 Å². The highest BCUT2D eigenvalue weighted by Gasteiger charge is 2.22. The van der Waals surface area contributed by atoms with Crippen molar-refractivity contribution in [2.24, 2.45) is 5.41 Å². The van der Waals surface area contributed by atoms with Crippen LogP contribution in [0.25, 0.3) is 0 Å². The van der Waals surface area contributed by atoms with Crippen LogP contribution < -0.4 is 0 Å². The monoisotopic (exact) mass is 267 g/mol. The van der Waals surface area contributed by atoms with Gasteiger partial charge in [-0.1, -0.05) is 32.9 Å². The summed E-state index contributed by atoms with van der Waals surface area (Å²) >= 11 is 0.